The third kappa shape index (κ3) is 3.64. The predicted octanol–water partition coefficient (Wildman–Crippen LogP) is 5.62. The van der Waals surface area contributed by atoms with E-state index in [-0.39, 0.29) is 11.3 Å². The van der Waals surface area contributed by atoms with E-state index in [0.29, 0.717) is 38.4 Å². The van der Waals surface area contributed by atoms with E-state index in [1.807, 2.05) is 19.9 Å². The number of para-hydroxylation sites is 1. The summed E-state index contributed by atoms with van der Waals surface area (Å²) in [7, 11) is 0. The summed E-state index contributed by atoms with van der Waals surface area (Å²) in [5.74, 6) is 0.0908. The van der Waals surface area contributed by atoms with Crippen molar-refractivity contribution in [2.45, 2.75) is 26.9 Å². The molecule has 1 heterocycles. The molecule has 1 amide bonds. The fourth-order valence-electron chi connectivity index (χ4n) is 3.26. The van der Waals surface area contributed by atoms with Gasteiger partial charge in [-0.15, -0.1) is 0 Å². The lowest BCUT2D eigenvalue weighted by atomic mass is 10.0. The zero-order valence-corrected chi connectivity index (χ0v) is 17.5. The van der Waals surface area contributed by atoms with Crippen LogP contribution in [0.15, 0.2) is 63.8 Å². The predicted molar refractivity (Wildman–Crippen MR) is 120 cm³/mol. The van der Waals surface area contributed by atoms with Crippen molar-refractivity contribution in [3.8, 4) is 5.75 Å². The summed E-state index contributed by atoms with van der Waals surface area (Å²) in [5.41, 5.74) is 3.35. The van der Waals surface area contributed by atoms with Crippen LogP contribution in [0.25, 0.3) is 21.9 Å². The molecule has 0 spiro atoms. The molecule has 0 aliphatic rings. The van der Waals surface area contributed by atoms with Crippen LogP contribution >= 0.6 is 11.6 Å². The molecule has 4 rings (SSSR count). The van der Waals surface area contributed by atoms with Gasteiger partial charge in [0.25, 0.3) is 5.91 Å². The van der Waals surface area contributed by atoms with Crippen molar-refractivity contribution in [1.82, 2.24) is 0 Å². The Balaban J connectivity index is 1.64. The highest BCUT2D eigenvalue weighted by Gasteiger charge is 2.17. The van der Waals surface area contributed by atoms with E-state index in [2.05, 4.69) is 5.32 Å². The van der Waals surface area contributed by atoms with Crippen LogP contribution in [0.4, 0.5) is 5.69 Å². The average Bonchev–Trinajstić information content (AvgIpc) is 2.72. The third-order valence-electron chi connectivity index (χ3n) is 5.14. The fourth-order valence-corrected chi connectivity index (χ4v) is 3.44. The second-order valence-electron chi connectivity index (χ2n) is 7.21. The van der Waals surface area contributed by atoms with Crippen LogP contribution in [0.1, 0.15) is 18.1 Å². The minimum absolute atomic E-state index is 0.0948. The first-order chi connectivity index (χ1) is 14.3. The third-order valence-corrected chi connectivity index (χ3v) is 5.45. The smallest absolute Gasteiger partial charge is 0.265 e. The number of rotatable bonds is 4. The zero-order valence-electron chi connectivity index (χ0n) is 16.8. The highest BCUT2D eigenvalue weighted by Crippen LogP contribution is 2.27. The molecule has 1 N–H and O–H groups in total. The summed E-state index contributed by atoms with van der Waals surface area (Å²) >= 11 is 6.09. The van der Waals surface area contributed by atoms with Gasteiger partial charge in [-0.3, -0.25) is 9.59 Å². The highest BCUT2D eigenvalue weighted by molar-refractivity contribution is 6.32. The number of nitrogens with one attached hydrogen (secondary N) is 1. The normalized spacial score (nSPS) is 12.1. The first kappa shape index (κ1) is 20.0. The summed E-state index contributed by atoms with van der Waals surface area (Å²) in [6.07, 6.45) is -0.769. The largest absolute Gasteiger partial charge is 0.479 e. The van der Waals surface area contributed by atoms with Gasteiger partial charge in [0.1, 0.15) is 16.9 Å². The average molecular weight is 422 g/mol. The number of carbonyl (C=O) groups excluding carboxylic acids is 1. The van der Waals surface area contributed by atoms with Crippen molar-refractivity contribution in [3.63, 3.8) is 0 Å². The first-order valence-corrected chi connectivity index (χ1v) is 9.92. The number of carbonyl (C=O) groups is 1. The summed E-state index contributed by atoms with van der Waals surface area (Å²) in [4.78, 5) is 25.4. The number of hydrogen-bond acceptors (Lipinski definition) is 4. The fraction of sp³-hybridized carbons (Fsp3) is 0.167. The maximum Gasteiger partial charge on any atom is 0.265 e. The second-order valence-corrected chi connectivity index (χ2v) is 7.61. The molecule has 1 unspecified atom stereocenters. The highest BCUT2D eigenvalue weighted by atomic mass is 35.5. The summed E-state index contributed by atoms with van der Waals surface area (Å²) in [6.45, 7) is 5.53. The van der Waals surface area contributed by atoms with Crippen molar-refractivity contribution >= 4 is 45.1 Å². The molecule has 0 radical (unpaired) electrons. The van der Waals surface area contributed by atoms with E-state index >= 15 is 0 Å². The maximum absolute atomic E-state index is 12.8. The van der Waals surface area contributed by atoms with Gasteiger partial charge in [0, 0.05) is 11.8 Å². The maximum atomic E-state index is 12.8. The number of hydrogen-bond donors (Lipinski definition) is 1. The first-order valence-electron chi connectivity index (χ1n) is 9.54. The van der Waals surface area contributed by atoms with Gasteiger partial charge in [-0.25, -0.2) is 0 Å². The molecule has 0 saturated carbocycles. The lowest BCUT2D eigenvalue weighted by molar-refractivity contribution is -0.122. The molecule has 1 aromatic heterocycles. The minimum atomic E-state index is -0.769. The SMILES string of the molecule is Cc1ccc2c(=O)c3ccc(NC(=O)C(C)Oc4ccccc4Cl)cc3oc2c1C. The Morgan fingerprint density at radius 2 is 1.80 bits per heavy atom. The van der Waals surface area contributed by atoms with E-state index in [9.17, 15) is 9.59 Å². The van der Waals surface area contributed by atoms with Gasteiger partial charge in [0.15, 0.2) is 6.10 Å². The van der Waals surface area contributed by atoms with Crippen LogP contribution in [0.5, 0.6) is 5.75 Å². The van der Waals surface area contributed by atoms with Gasteiger partial charge in [-0.2, -0.15) is 0 Å². The van der Waals surface area contributed by atoms with Crippen molar-refractivity contribution < 1.29 is 13.9 Å². The van der Waals surface area contributed by atoms with Crippen LogP contribution in [-0.4, -0.2) is 12.0 Å². The van der Waals surface area contributed by atoms with Gasteiger partial charge in [0.2, 0.25) is 5.43 Å². The van der Waals surface area contributed by atoms with Crippen LogP contribution < -0.4 is 15.5 Å². The Labute approximate surface area is 178 Å². The quantitative estimate of drug-likeness (QED) is 0.434. The van der Waals surface area contributed by atoms with Gasteiger partial charge in [-0.05, 0) is 62.2 Å². The number of aryl methyl sites for hydroxylation is 2. The van der Waals surface area contributed by atoms with Crippen molar-refractivity contribution in [1.29, 1.82) is 0 Å². The molecule has 0 fully saturated rings. The molecule has 152 valence electrons. The standard InChI is InChI=1S/C24H20ClNO4/c1-13-8-10-18-22(27)17-11-9-16(12-21(17)30-23(18)14(13)2)26-24(28)15(3)29-20-7-5-4-6-19(20)25/h4-12,15H,1-3H3,(H,26,28). The topological polar surface area (TPSA) is 68.5 Å². The lowest BCUT2D eigenvalue weighted by Gasteiger charge is -2.15. The molecule has 30 heavy (non-hydrogen) atoms. The Hall–Kier alpha value is -3.31. The minimum Gasteiger partial charge on any atom is -0.479 e. The molecule has 0 aliphatic heterocycles. The van der Waals surface area contributed by atoms with Crippen LogP contribution in [0.2, 0.25) is 5.02 Å². The number of benzene rings is 3. The lowest BCUT2D eigenvalue weighted by Crippen LogP contribution is -2.30. The van der Waals surface area contributed by atoms with E-state index in [1.165, 1.54) is 0 Å². The number of halogens is 1. The Morgan fingerprint density at radius 1 is 1.07 bits per heavy atom. The zero-order chi connectivity index (χ0) is 21.4. The van der Waals surface area contributed by atoms with E-state index in [0.717, 1.165) is 11.1 Å². The van der Waals surface area contributed by atoms with Crippen molar-refractivity contribution in [3.05, 3.63) is 81.0 Å². The molecular weight excluding hydrogens is 402 g/mol. The molecule has 1 atom stereocenters. The van der Waals surface area contributed by atoms with E-state index in [1.54, 1.807) is 55.5 Å². The van der Waals surface area contributed by atoms with Gasteiger partial charge >= 0.3 is 0 Å². The molecule has 5 nitrogen and oxygen atoms in total. The summed E-state index contributed by atoms with van der Waals surface area (Å²) in [6, 6.07) is 15.6. The Kier molecular flexibility index (Phi) is 5.22. The van der Waals surface area contributed by atoms with Gasteiger partial charge < -0.3 is 14.5 Å². The molecule has 4 aromatic rings. The number of ether oxygens (including phenoxy) is 1. The molecule has 6 heteroatoms. The number of amides is 1. The Morgan fingerprint density at radius 3 is 2.57 bits per heavy atom. The van der Waals surface area contributed by atoms with Crippen molar-refractivity contribution in [2.24, 2.45) is 0 Å². The van der Waals surface area contributed by atoms with Crippen molar-refractivity contribution in [2.75, 3.05) is 5.32 Å². The van der Waals surface area contributed by atoms with E-state index in [4.69, 9.17) is 20.8 Å². The molecular formula is C24H20ClNO4. The summed E-state index contributed by atoms with van der Waals surface area (Å²) < 4.78 is 11.7. The second kappa shape index (κ2) is 7.84. The monoisotopic (exact) mass is 421 g/mol. The number of anilines is 1. The van der Waals surface area contributed by atoms with Gasteiger partial charge in [0.05, 0.1) is 15.8 Å². The van der Waals surface area contributed by atoms with Crippen LogP contribution in [0.3, 0.4) is 0 Å². The van der Waals surface area contributed by atoms with E-state index < -0.39 is 6.10 Å². The Bertz CT molecular complexity index is 1340. The van der Waals surface area contributed by atoms with Crippen LogP contribution in [-0.2, 0) is 4.79 Å². The number of fused-ring (bicyclic) bond motifs is 2. The van der Waals surface area contributed by atoms with Gasteiger partial charge in [-0.1, -0.05) is 29.8 Å². The molecule has 0 saturated heterocycles. The molecule has 0 bridgehead atoms. The van der Waals surface area contributed by atoms with Crippen LogP contribution in [0, 0.1) is 13.8 Å². The summed E-state index contributed by atoms with van der Waals surface area (Å²) in [5, 5.41) is 4.24. The molecule has 3 aromatic carbocycles. The molecule has 0 aliphatic carbocycles.